The molecule has 16 heavy (non-hydrogen) atoms. The lowest BCUT2D eigenvalue weighted by Gasteiger charge is -2.12. The third kappa shape index (κ3) is 2.01. The molecule has 1 aliphatic heterocycles. The van der Waals surface area contributed by atoms with E-state index in [1.54, 1.807) is 0 Å². The number of nitrogens with one attached hydrogen (secondary N) is 2. The van der Waals surface area contributed by atoms with Gasteiger partial charge in [0.05, 0.1) is 6.10 Å². The highest BCUT2D eigenvalue weighted by molar-refractivity contribution is 5.12. The number of hydrogen-bond acceptors (Lipinski definition) is 3. The SMILES string of the molecule is CC1(C)C(CNCC2CC(O)CN2)C1(C)C. The van der Waals surface area contributed by atoms with E-state index in [0.717, 1.165) is 32.0 Å². The van der Waals surface area contributed by atoms with Crippen LogP contribution in [0.1, 0.15) is 34.1 Å². The number of β-amino-alcohol motifs (C(OH)–C–C–N with tert-alkyl or cyclic N) is 1. The van der Waals surface area contributed by atoms with Gasteiger partial charge in [0.25, 0.3) is 0 Å². The molecule has 1 aliphatic carbocycles. The van der Waals surface area contributed by atoms with Crippen LogP contribution in [0.3, 0.4) is 0 Å². The van der Waals surface area contributed by atoms with Crippen LogP contribution in [0.2, 0.25) is 0 Å². The van der Waals surface area contributed by atoms with E-state index in [9.17, 15) is 5.11 Å². The Balaban J connectivity index is 1.67. The van der Waals surface area contributed by atoms with Gasteiger partial charge in [0.15, 0.2) is 0 Å². The fourth-order valence-corrected chi connectivity index (χ4v) is 3.20. The van der Waals surface area contributed by atoms with Crippen LogP contribution in [0.15, 0.2) is 0 Å². The van der Waals surface area contributed by atoms with Crippen molar-refractivity contribution in [1.29, 1.82) is 0 Å². The molecule has 0 aromatic heterocycles. The second-order valence-corrected chi connectivity index (χ2v) is 6.65. The first kappa shape index (κ1) is 12.3. The molecule has 2 unspecified atom stereocenters. The molecular weight excluding hydrogens is 200 g/mol. The van der Waals surface area contributed by atoms with Crippen molar-refractivity contribution in [3.63, 3.8) is 0 Å². The van der Waals surface area contributed by atoms with Crippen molar-refractivity contribution < 1.29 is 5.11 Å². The molecule has 2 aliphatic rings. The first-order valence-electron chi connectivity index (χ1n) is 6.48. The summed E-state index contributed by atoms with van der Waals surface area (Å²) in [6.07, 6.45) is 0.755. The Morgan fingerprint density at radius 3 is 2.25 bits per heavy atom. The van der Waals surface area contributed by atoms with Crippen LogP contribution in [-0.4, -0.2) is 36.9 Å². The minimum atomic E-state index is -0.138. The highest BCUT2D eigenvalue weighted by Gasteiger charge is 2.63. The van der Waals surface area contributed by atoms with Gasteiger partial charge >= 0.3 is 0 Å². The van der Waals surface area contributed by atoms with Crippen molar-refractivity contribution in [3.8, 4) is 0 Å². The van der Waals surface area contributed by atoms with Gasteiger partial charge in [-0.05, 0) is 29.7 Å². The van der Waals surface area contributed by atoms with E-state index in [1.165, 1.54) is 0 Å². The van der Waals surface area contributed by atoms with Crippen molar-refractivity contribution in [1.82, 2.24) is 10.6 Å². The van der Waals surface area contributed by atoms with Crippen LogP contribution in [0, 0.1) is 16.7 Å². The third-order valence-electron chi connectivity index (χ3n) is 5.26. The molecule has 3 nitrogen and oxygen atoms in total. The van der Waals surface area contributed by atoms with E-state index in [2.05, 4.69) is 38.3 Å². The summed E-state index contributed by atoms with van der Waals surface area (Å²) in [5.74, 6) is 0.784. The van der Waals surface area contributed by atoms with Gasteiger partial charge in [0.1, 0.15) is 0 Å². The summed E-state index contributed by atoms with van der Waals surface area (Å²) in [6, 6.07) is 0.458. The van der Waals surface area contributed by atoms with E-state index in [0.29, 0.717) is 16.9 Å². The van der Waals surface area contributed by atoms with Crippen LogP contribution in [0.25, 0.3) is 0 Å². The van der Waals surface area contributed by atoms with Gasteiger partial charge in [0, 0.05) is 19.1 Å². The molecule has 0 spiro atoms. The Hall–Kier alpha value is -0.120. The minimum Gasteiger partial charge on any atom is -0.392 e. The largest absolute Gasteiger partial charge is 0.392 e. The topological polar surface area (TPSA) is 44.3 Å². The smallest absolute Gasteiger partial charge is 0.0680 e. The van der Waals surface area contributed by atoms with Crippen molar-refractivity contribution in [2.75, 3.05) is 19.6 Å². The summed E-state index contributed by atoms with van der Waals surface area (Å²) in [5.41, 5.74) is 0.950. The molecule has 1 saturated heterocycles. The molecule has 0 radical (unpaired) electrons. The zero-order valence-electron chi connectivity index (χ0n) is 11.0. The second kappa shape index (κ2) is 3.97. The zero-order chi connectivity index (χ0) is 12.0. The molecule has 3 N–H and O–H groups in total. The van der Waals surface area contributed by atoms with Crippen LogP contribution < -0.4 is 10.6 Å². The maximum Gasteiger partial charge on any atom is 0.0680 e. The van der Waals surface area contributed by atoms with E-state index in [-0.39, 0.29) is 6.10 Å². The molecule has 1 heterocycles. The van der Waals surface area contributed by atoms with E-state index < -0.39 is 0 Å². The lowest BCUT2D eigenvalue weighted by molar-refractivity contribution is 0.193. The highest BCUT2D eigenvalue weighted by Crippen LogP contribution is 2.67. The minimum absolute atomic E-state index is 0.138. The maximum absolute atomic E-state index is 9.40. The summed E-state index contributed by atoms with van der Waals surface area (Å²) < 4.78 is 0. The molecule has 0 amide bonds. The van der Waals surface area contributed by atoms with Gasteiger partial charge in [-0.25, -0.2) is 0 Å². The van der Waals surface area contributed by atoms with Gasteiger partial charge < -0.3 is 15.7 Å². The third-order valence-corrected chi connectivity index (χ3v) is 5.26. The molecule has 2 rings (SSSR count). The van der Waals surface area contributed by atoms with Crippen molar-refractivity contribution >= 4 is 0 Å². The lowest BCUT2D eigenvalue weighted by Crippen LogP contribution is -2.35. The molecular formula is C13H26N2O. The first-order chi connectivity index (χ1) is 7.35. The Morgan fingerprint density at radius 1 is 1.19 bits per heavy atom. The van der Waals surface area contributed by atoms with Gasteiger partial charge in [-0.3, -0.25) is 0 Å². The molecule has 1 saturated carbocycles. The van der Waals surface area contributed by atoms with Gasteiger partial charge in [0.2, 0.25) is 0 Å². The molecule has 2 atom stereocenters. The first-order valence-corrected chi connectivity index (χ1v) is 6.48. The fraction of sp³-hybridized carbons (Fsp3) is 1.00. The Labute approximate surface area is 99.0 Å². The number of aliphatic hydroxyl groups excluding tert-OH is 1. The quantitative estimate of drug-likeness (QED) is 0.669. The number of hydrogen-bond donors (Lipinski definition) is 3. The lowest BCUT2D eigenvalue weighted by atomic mass is 10.0. The summed E-state index contributed by atoms with van der Waals surface area (Å²) in [4.78, 5) is 0. The molecule has 0 aromatic rings. The predicted molar refractivity (Wildman–Crippen MR) is 66.3 cm³/mol. The Kier molecular flexibility index (Phi) is 3.06. The van der Waals surface area contributed by atoms with E-state index in [1.807, 2.05) is 0 Å². The number of rotatable bonds is 4. The maximum atomic E-state index is 9.40. The van der Waals surface area contributed by atoms with Crippen LogP contribution >= 0.6 is 0 Å². The summed E-state index contributed by atoms with van der Waals surface area (Å²) in [5, 5.41) is 16.3. The average Bonchev–Trinajstić information content (AvgIpc) is 2.53. The van der Waals surface area contributed by atoms with Gasteiger partial charge in [-0.2, -0.15) is 0 Å². The van der Waals surface area contributed by atoms with Gasteiger partial charge in [-0.15, -0.1) is 0 Å². The molecule has 0 aromatic carbocycles. The molecule has 2 fully saturated rings. The van der Waals surface area contributed by atoms with Gasteiger partial charge in [-0.1, -0.05) is 27.7 Å². The summed E-state index contributed by atoms with van der Waals surface area (Å²) in [6.45, 7) is 12.3. The highest BCUT2D eigenvalue weighted by atomic mass is 16.3. The van der Waals surface area contributed by atoms with Crippen LogP contribution in [0.5, 0.6) is 0 Å². The molecule has 94 valence electrons. The van der Waals surface area contributed by atoms with Crippen LogP contribution in [-0.2, 0) is 0 Å². The average molecular weight is 226 g/mol. The summed E-state index contributed by atoms with van der Waals surface area (Å²) in [7, 11) is 0. The van der Waals surface area contributed by atoms with E-state index >= 15 is 0 Å². The van der Waals surface area contributed by atoms with Crippen molar-refractivity contribution in [2.45, 2.75) is 46.3 Å². The molecule has 0 bridgehead atoms. The molecule has 3 heteroatoms. The monoisotopic (exact) mass is 226 g/mol. The van der Waals surface area contributed by atoms with Crippen molar-refractivity contribution in [2.24, 2.45) is 16.7 Å². The standard InChI is InChI=1S/C13H26N2O/c1-12(2)11(13(12,3)4)8-14-6-9-5-10(16)7-15-9/h9-11,14-16H,5-8H2,1-4H3. The second-order valence-electron chi connectivity index (χ2n) is 6.65. The number of aliphatic hydroxyl groups is 1. The fourth-order valence-electron chi connectivity index (χ4n) is 3.20. The van der Waals surface area contributed by atoms with Crippen molar-refractivity contribution in [3.05, 3.63) is 0 Å². The summed E-state index contributed by atoms with van der Waals surface area (Å²) >= 11 is 0. The zero-order valence-corrected chi connectivity index (χ0v) is 11.0. The Morgan fingerprint density at radius 2 is 1.81 bits per heavy atom. The normalized spacial score (nSPS) is 36.6. The Bertz CT molecular complexity index is 249. The van der Waals surface area contributed by atoms with Crippen LogP contribution in [0.4, 0.5) is 0 Å². The predicted octanol–water partition coefficient (Wildman–Crippen LogP) is 0.981. The van der Waals surface area contributed by atoms with E-state index in [4.69, 9.17) is 0 Å².